The van der Waals surface area contributed by atoms with Gasteiger partial charge in [0.2, 0.25) is 10.0 Å². The van der Waals surface area contributed by atoms with Crippen molar-refractivity contribution in [3.05, 3.63) is 28.2 Å². The maximum Gasteiger partial charge on any atom is 0.241 e. The van der Waals surface area contributed by atoms with Crippen LogP contribution in [0.4, 0.5) is 0 Å². The Balaban J connectivity index is 2.03. The number of hydrogen-bond donors (Lipinski definition) is 2. The minimum atomic E-state index is -3.42. The molecule has 0 radical (unpaired) electrons. The van der Waals surface area contributed by atoms with E-state index < -0.39 is 10.0 Å². The molecule has 2 rings (SSSR count). The van der Waals surface area contributed by atoms with Crippen molar-refractivity contribution in [3.63, 3.8) is 0 Å². The second kappa shape index (κ2) is 7.02. The molecule has 1 aliphatic carbocycles. The Morgan fingerprint density at radius 3 is 2.70 bits per heavy atom. The van der Waals surface area contributed by atoms with Crippen LogP contribution in [0.15, 0.2) is 27.6 Å². The number of halogens is 1. The van der Waals surface area contributed by atoms with Gasteiger partial charge in [-0.25, -0.2) is 13.1 Å². The van der Waals surface area contributed by atoms with Crippen LogP contribution >= 0.6 is 15.9 Å². The molecule has 0 heterocycles. The van der Waals surface area contributed by atoms with Crippen LogP contribution in [-0.4, -0.2) is 21.0 Å². The summed E-state index contributed by atoms with van der Waals surface area (Å²) in [7, 11) is -3.42. The monoisotopic (exact) mass is 360 g/mol. The maximum absolute atomic E-state index is 12.2. The molecule has 0 spiro atoms. The fraction of sp³-hybridized carbons (Fsp3) is 0.571. The SMILES string of the molecule is CCCCNS(=O)(=O)c1ccc(CNC2CC2)cc1Br. The predicted molar refractivity (Wildman–Crippen MR) is 84.1 cm³/mol. The largest absolute Gasteiger partial charge is 0.310 e. The molecule has 0 bridgehead atoms. The average Bonchev–Trinajstić information content (AvgIpc) is 3.20. The molecule has 0 atom stereocenters. The topological polar surface area (TPSA) is 58.2 Å². The Kier molecular flexibility index (Phi) is 5.60. The van der Waals surface area contributed by atoms with Gasteiger partial charge in [-0.3, -0.25) is 0 Å². The highest BCUT2D eigenvalue weighted by molar-refractivity contribution is 9.10. The molecule has 0 saturated heterocycles. The molecule has 0 unspecified atom stereocenters. The zero-order valence-electron chi connectivity index (χ0n) is 11.7. The van der Waals surface area contributed by atoms with E-state index in [1.807, 2.05) is 19.1 Å². The number of unbranched alkanes of at least 4 members (excludes halogenated alkanes) is 1. The molecule has 1 aliphatic rings. The molecular weight excluding hydrogens is 340 g/mol. The second-order valence-electron chi connectivity index (χ2n) is 5.17. The van der Waals surface area contributed by atoms with E-state index in [-0.39, 0.29) is 0 Å². The van der Waals surface area contributed by atoms with Gasteiger partial charge in [0, 0.05) is 23.6 Å². The summed E-state index contributed by atoms with van der Waals surface area (Å²) in [4.78, 5) is 0.309. The summed E-state index contributed by atoms with van der Waals surface area (Å²) in [6, 6.07) is 6.06. The van der Waals surface area contributed by atoms with Crippen molar-refractivity contribution in [1.82, 2.24) is 10.0 Å². The van der Waals surface area contributed by atoms with Crippen LogP contribution in [0.3, 0.4) is 0 Å². The first kappa shape index (κ1) is 15.9. The van der Waals surface area contributed by atoms with Crippen molar-refractivity contribution in [2.24, 2.45) is 0 Å². The standard InChI is InChI=1S/C14H21BrN2O2S/c1-2-3-8-17-20(18,19)14-7-4-11(9-13(14)15)10-16-12-5-6-12/h4,7,9,12,16-17H,2-3,5-6,8,10H2,1H3. The van der Waals surface area contributed by atoms with E-state index in [0.29, 0.717) is 22.0 Å². The van der Waals surface area contributed by atoms with E-state index in [1.54, 1.807) is 6.07 Å². The highest BCUT2D eigenvalue weighted by Crippen LogP contribution is 2.24. The lowest BCUT2D eigenvalue weighted by atomic mass is 10.2. The van der Waals surface area contributed by atoms with Crippen molar-refractivity contribution in [3.8, 4) is 0 Å². The van der Waals surface area contributed by atoms with Gasteiger partial charge in [0.15, 0.2) is 0 Å². The summed E-state index contributed by atoms with van der Waals surface area (Å²) in [5.41, 5.74) is 1.09. The minimum absolute atomic E-state index is 0.309. The molecule has 112 valence electrons. The lowest BCUT2D eigenvalue weighted by Crippen LogP contribution is -2.25. The van der Waals surface area contributed by atoms with Crippen molar-refractivity contribution >= 4 is 26.0 Å². The Morgan fingerprint density at radius 2 is 2.10 bits per heavy atom. The summed E-state index contributed by atoms with van der Waals surface area (Å²) in [6.07, 6.45) is 4.31. The van der Waals surface area contributed by atoms with Crippen LogP contribution in [0.1, 0.15) is 38.2 Å². The van der Waals surface area contributed by atoms with Gasteiger partial charge in [0.25, 0.3) is 0 Å². The van der Waals surface area contributed by atoms with Crippen molar-refractivity contribution in [2.75, 3.05) is 6.54 Å². The number of rotatable bonds is 8. The molecule has 0 aromatic heterocycles. The zero-order valence-corrected chi connectivity index (χ0v) is 14.1. The Bertz CT molecular complexity index is 556. The third-order valence-electron chi connectivity index (χ3n) is 3.28. The minimum Gasteiger partial charge on any atom is -0.310 e. The van der Waals surface area contributed by atoms with Gasteiger partial charge in [0.1, 0.15) is 0 Å². The van der Waals surface area contributed by atoms with E-state index >= 15 is 0 Å². The highest BCUT2D eigenvalue weighted by Gasteiger charge is 2.21. The molecular formula is C14H21BrN2O2S. The average molecular weight is 361 g/mol. The van der Waals surface area contributed by atoms with Crippen LogP contribution in [0, 0.1) is 0 Å². The maximum atomic E-state index is 12.2. The van der Waals surface area contributed by atoms with Crippen LogP contribution in [-0.2, 0) is 16.6 Å². The molecule has 20 heavy (non-hydrogen) atoms. The second-order valence-corrected chi connectivity index (χ2v) is 7.76. The van der Waals surface area contributed by atoms with E-state index in [0.717, 1.165) is 24.9 Å². The summed E-state index contributed by atoms with van der Waals surface area (Å²) in [5, 5.41) is 3.41. The number of sulfonamides is 1. The number of hydrogen-bond acceptors (Lipinski definition) is 3. The van der Waals surface area contributed by atoms with E-state index in [4.69, 9.17) is 0 Å². The van der Waals surface area contributed by atoms with E-state index in [2.05, 4.69) is 26.0 Å². The summed E-state index contributed by atoms with van der Waals surface area (Å²) in [6.45, 7) is 3.30. The molecule has 0 aliphatic heterocycles. The Morgan fingerprint density at radius 1 is 1.35 bits per heavy atom. The molecule has 1 saturated carbocycles. The smallest absolute Gasteiger partial charge is 0.241 e. The van der Waals surface area contributed by atoms with Gasteiger partial charge in [-0.2, -0.15) is 0 Å². The van der Waals surface area contributed by atoms with E-state index in [1.165, 1.54) is 12.8 Å². The fourth-order valence-electron chi connectivity index (χ4n) is 1.88. The molecule has 1 fully saturated rings. The van der Waals surface area contributed by atoms with Gasteiger partial charge in [-0.05, 0) is 52.9 Å². The third-order valence-corrected chi connectivity index (χ3v) is 5.72. The molecule has 1 aromatic rings. The first-order valence-electron chi connectivity index (χ1n) is 7.04. The van der Waals surface area contributed by atoms with Gasteiger partial charge < -0.3 is 5.32 Å². The summed E-state index contributed by atoms with van der Waals surface area (Å²) >= 11 is 3.37. The first-order valence-corrected chi connectivity index (χ1v) is 9.32. The number of benzene rings is 1. The van der Waals surface area contributed by atoms with Crippen molar-refractivity contribution in [2.45, 2.75) is 50.1 Å². The van der Waals surface area contributed by atoms with Crippen molar-refractivity contribution < 1.29 is 8.42 Å². The van der Waals surface area contributed by atoms with Gasteiger partial charge >= 0.3 is 0 Å². The molecule has 1 aromatic carbocycles. The van der Waals surface area contributed by atoms with Crippen LogP contribution in [0.5, 0.6) is 0 Å². The number of nitrogens with one attached hydrogen (secondary N) is 2. The lowest BCUT2D eigenvalue weighted by molar-refractivity contribution is 0.577. The quantitative estimate of drug-likeness (QED) is 0.700. The van der Waals surface area contributed by atoms with Crippen molar-refractivity contribution in [1.29, 1.82) is 0 Å². The molecule has 6 heteroatoms. The zero-order chi connectivity index (χ0) is 14.6. The van der Waals surface area contributed by atoms with Gasteiger partial charge in [-0.1, -0.05) is 19.4 Å². The Labute approximate surface area is 129 Å². The lowest BCUT2D eigenvalue weighted by Gasteiger charge is -2.10. The summed E-state index contributed by atoms with van der Waals surface area (Å²) < 4.78 is 27.6. The highest BCUT2D eigenvalue weighted by atomic mass is 79.9. The summed E-state index contributed by atoms with van der Waals surface area (Å²) in [5.74, 6) is 0. The predicted octanol–water partition coefficient (Wildman–Crippen LogP) is 2.78. The van der Waals surface area contributed by atoms with Crippen LogP contribution < -0.4 is 10.0 Å². The molecule has 2 N–H and O–H groups in total. The fourth-order valence-corrected chi connectivity index (χ4v) is 4.08. The van der Waals surface area contributed by atoms with Crippen LogP contribution in [0.2, 0.25) is 0 Å². The normalized spacial score (nSPS) is 15.5. The van der Waals surface area contributed by atoms with E-state index in [9.17, 15) is 8.42 Å². The van der Waals surface area contributed by atoms with Gasteiger partial charge in [-0.15, -0.1) is 0 Å². The third kappa shape index (κ3) is 4.55. The Hall–Kier alpha value is -0.430. The molecule has 4 nitrogen and oxygen atoms in total. The van der Waals surface area contributed by atoms with Gasteiger partial charge in [0.05, 0.1) is 4.90 Å². The van der Waals surface area contributed by atoms with Crippen LogP contribution in [0.25, 0.3) is 0 Å². The first-order chi connectivity index (χ1) is 9.53. The molecule has 0 amide bonds.